The molecular formula is C14H19FN2O2. The van der Waals surface area contributed by atoms with Gasteiger partial charge < -0.3 is 5.32 Å². The molecule has 0 bridgehead atoms. The summed E-state index contributed by atoms with van der Waals surface area (Å²) in [6, 6.07) is 3.59. The van der Waals surface area contributed by atoms with Gasteiger partial charge in [0.25, 0.3) is 5.69 Å². The van der Waals surface area contributed by atoms with Crippen molar-refractivity contribution in [2.45, 2.75) is 38.6 Å². The lowest BCUT2D eigenvalue weighted by atomic mass is 10.0. The Hall–Kier alpha value is -1.49. The highest BCUT2D eigenvalue weighted by atomic mass is 19.1. The van der Waals surface area contributed by atoms with Gasteiger partial charge in [0.15, 0.2) is 0 Å². The van der Waals surface area contributed by atoms with Gasteiger partial charge in [-0.15, -0.1) is 0 Å². The second kappa shape index (κ2) is 6.61. The third-order valence-corrected chi connectivity index (χ3v) is 3.76. The van der Waals surface area contributed by atoms with Crippen LogP contribution in [0.25, 0.3) is 0 Å². The quantitative estimate of drug-likeness (QED) is 0.487. The van der Waals surface area contributed by atoms with E-state index < -0.39 is 10.7 Å². The van der Waals surface area contributed by atoms with Gasteiger partial charge in [0.05, 0.1) is 4.92 Å². The lowest BCUT2D eigenvalue weighted by molar-refractivity contribution is -0.385. The molecule has 0 spiro atoms. The van der Waals surface area contributed by atoms with E-state index in [2.05, 4.69) is 5.32 Å². The minimum absolute atomic E-state index is 0.0187. The first-order valence-corrected chi connectivity index (χ1v) is 6.80. The summed E-state index contributed by atoms with van der Waals surface area (Å²) in [5.41, 5.74) is 0.395. The predicted octanol–water partition coefficient (Wildman–Crippen LogP) is 3.40. The Labute approximate surface area is 112 Å². The summed E-state index contributed by atoms with van der Waals surface area (Å²) in [6.45, 7) is 1.18. The molecule has 0 aliphatic heterocycles. The maximum Gasteiger partial charge on any atom is 0.274 e. The van der Waals surface area contributed by atoms with Crippen molar-refractivity contribution in [1.82, 2.24) is 5.32 Å². The number of halogens is 1. The molecule has 4 nitrogen and oxygen atoms in total. The molecule has 0 saturated heterocycles. The molecule has 2 rings (SSSR count). The summed E-state index contributed by atoms with van der Waals surface area (Å²) in [4.78, 5) is 10.4. The van der Waals surface area contributed by atoms with Crippen molar-refractivity contribution in [3.05, 3.63) is 39.7 Å². The zero-order valence-electron chi connectivity index (χ0n) is 10.9. The van der Waals surface area contributed by atoms with Gasteiger partial charge >= 0.3 is 0 Å². The lowest BCUT2D eigenvalue weighted by Gasteiger charge is -2.10. The van der Waals surface area contributed by atoms with Crippen molar-refractivity contribution >= 4 is 5.69 Å². The van der Waals surface area contributed by atoms with Gasteiger partial charge in [-0.1, -0.05) is 25.7 Å². The summed E-state index contributed by atoms with van der Waals surface area (Å²) in [5.74, 6) is 0.355. The number of hydrogen-bond donors (Lipinski definition) is 1. The van der Waals surface area contributed by atoms with E-state index >= 15 is 0 Å². The van der Waals surface area contributed by atoms with E-state index in [4.69, 9.17) is 0 Å². The molecule has 1 aromatic carbocycles. The van der Waals surface area contributed by atoms with Gasteiger partial charge in [-0.25, -0.2) is 4.39 Å². The first kappa shape index (κ1) is 13.9. The van der Waals surface area contributed by atoms with Gasteiger partial charge in [0.1, 0.15) is 5.82 Å². The molecule has 0 amide bonds. The molecule has 1 aliphatic carbocycles. The molecule has 0 heterocycles. The molecule has 1 aliphatic rings. The Morgan fingerprint density at radius 3 is 2.79 bits per heavy atom. The van der Waals surface area contributed by atoms with Crippen LogP contribution in [-0.2, 0) is 6.54 Å². The maximum absolute atomic E-state index is 13.1. The van der Waals surface area contributed by atoms with E-state index in [0.29, 0.717) is 12.1 Å². The second-order valence-corrected chi connectivity index (χ2v) is 5.15. The Morgan fingerprint density at radius 1 is 1.37 bits per heavy atom. The Morgan fingerprint density at radius 2 is 2.11 bits per heavy atom. The summed E-state index contributed by atoms with van der Waals surface area (Å²) in [7, 11) is 0. The first-order valence-electron chi connectivity index (χ1n) is 6.80. The molecule has 0 radical (unpaired) electrons. The van der Waals surface area contributed by atoms with Crippen molar-refractivity contribution in [2.75, 3.05) is 6.54 Å². The van der Waals surface area contributed by atoms with Gasteiger partial charge in [-0.05, 0) is 31.0 Å². The summed E-state index contributed by atoms with van der Waals surface area (Å²) in [6.07, 6.45) is 6.33. The van der Waals surface area contributed by atoms with Crippen molar-refractivity contribution in [3.63, 3.8) is 0 Å². The number of nitrogens with one attached hydrogen (secondary N) is 1. The van der Waals surface area contributed by atoms with Crippen molar-refractivity contribution in [1.29, 1.82) is 0 Å². The van der Waals surface area contributed by atoms with Crippen LogP contribution in [0.2, 0.25) is 0 Å². The standard InChI is InChI=1S/C14H19FN2O2/c15-13-5-6-14(17(18)19)12(9-13)10-16-8-7-11-3-1-2-4-11/h5-6,9,11,16H,1-4,7-8,10H2. The first-order chi connectivity index (χ1) is 9.16. The van der Waals surface area contributed by atoms with Crippen LogP contribution >= 0.6 is 0 Å². The number of nitro groups is 1. The van der Waals surface area contributed by atoms with Gasteiger partial charge in [-0.3, -0.25) is 10.1 Å². The Kier molecular flexibility index (Phi) is 4.85. The summed E-state index contributed by atoms with van der Waals surface area (Å²) in [5, 5.41) is 14.0. The zero-order valence-corrected chi connectivity index (χ0v) is 10.9. The van der Waals surface area contributed by atoms with Crippen LogP contribution in [0.1, 0.15) is 37.7 Å². The number of nitro benzene ring substituents is 1. The summed E-state index contributed by atoms with van der Waals surface area (Å²) >= 11 is 0. The van der Waals surface area contributed by atoms with E-state index in [1.807, 2.05) is 0 Å². The third-order valence-electron chi connectivity index (χ3n) is 3.76. The molecule has 0 unspecified atom stereocenters. The number of nitrogens with zero attached hydrogens (tertiary/aromatic N) is 1. The molecular weight excluding hydrogens is 247 g/mol. The zero-order chi connectivity index (χ0) is 13.7. The fraction of sp³-hybridized carbons (Fsp3) is 0.571. The molecule has 1 saturated carbocycles. The van der Waals surface area contributed by atoms with Crippen molar-refractivity contribution < 1.29 is 9.31 Å². The SMILES string of the molecule is O=[N+]([O-])c1ccc(F)cc1CNCCC1CCCC1. The van der Waals surface area contributed by atoms with Crippen LogP contribution in [0.4, 0.5) is 10.1 Å². The van der Waals surface area contributed by atoms with Gasteiger partial charge in [0.2, 0.25) is 0 Å². The molecule has 104 valence electrons. The van der Waals surface area contributed by atoms with Crippen LogP contribution in [0.15, 0.2) is 18.2 Å². The average Bonchev–Trinajstić information content (AvgIpc) is 2.87. The van der Waals surface area contributed by atoms with Crippen molar-refractivity contribution in [3.8, 4) is 0 Å². The highest BCUT2D eigenvalue weighted by Gasteiger charge is 2.16. The third kappa shape index (κ3) is 3.99. The van der Waals surface area contributed by atoms with Crippen LogP contribution in [0.3, 0.4) is 0 Å². The van der Waals surface area contributed by atoms with Crippen LogP contribution in [-0.4, -0.2) is 11.5 Å². The van der Waals surface area contributed by atoms with Crippen molar-refractivity contribution in [2.24, 2.45) is 5.92 Å². The molecule has 19 heavy (non-hydrogen) atoms. The summed E-state index contributed by atoms with van der Waals surface area (Å²) < 4.78 is 13.1. The van der Waals surface area contributed by atoms with Crippen LogP contribution < -0.4 is 5.32 Å². The van der Waals surface area contributed by atoms with Crippen LogP contribution in [0, 0.1) is 21.8 Å². The van der Waals surface area contributed by atoms with E-state index in [1.165, 1.54) is 37.8 Å². The minimum Gasteiger partial charge on any atom is -0.312 e. The monoisotopic (exact) mass is 266 g/mol. The van der Waals surface area contributed by atoms with Gasteiger partial charge in [-0.2, -0.15) is 0 Å². The number of hydrogen-bond acceptors (Lipinski definition) is 3. The molecule has 1 aromatic rings. The highest BCUT2D eigenvalue weighted by molar-refractivity contribution is 5.40. The van der Waals surface area contributed by atoms with Crippen LogP contribution in [0.5, 0.6) is 0 Å². The molecule has 5 heteroatoms. The maximum atomic E-state index is 13.1. The Balaban J connectivity index is 1.84. The highest BCUT2D eigenvalue weighted by Crippen LogP contribution is 2.27. The van der Waals surface area contributed by atoms with E-state index in [0.717, 1.165) is 24.9 Å². The lowest BCUT2D eigenvalue weighted by Crippen LogP contribution is -2.18. The second-order valence-electron chi connectivity index (χ2n) is 5.15. The van der Waals surface area contributed by atoms with Gasteiger partial charge in [0, 0.05) is 18.2 Å². The number of rotatable bonds is 6. The minimum atomic E-state index is -0.465. The predicted molar refractivity (Wildman–Crippen MR) is 71.3 cm³/mol. The number of benzene rings is 1. The molecule has 1 N–H and O–H groups in total. The fourth-order valence-corrected chi connectivity index (χ4v) is 2.70. The topological polar surface area (TPSA) is 55.2 Å². The van der Waals surface area contributed by atoms with E-state index in [9.17, 15) is 14.5 Å². The van der Waals surface area contributed by atoms with E-state index in [-0.39, 0.29) is 5.69 Å². The normalized spacial score (nSPS) is 15.8. The van der Waals surface area contributed by atoms with E-state index in [1.54, 1.807) is 0 Å². The molecule has 0 aromatic heterocycles. The largest absolute Gasteiger partial charge is 0.312 e. The fourth-order valence-electron chi connectivity index (χ4n) is 2.70. The molecule has 1 fully saturated rings. The smallest absolute Gasteiger partial charge is 0.274 e. The average molecular weight is 266 g/mol. The molecule has 0 atom stereocenters. The Bertz CT molecular complexity index is 445.